The number of nitrogens with zero attached hydrogens (tertiary/aromatic N) is 3. The maximum atomic E-state index is 12.4. The molecule has 0 bridgehead atoms. The van der Waals surface area contributed by atoms with Gasteiger partial charge in [0.05, 0.1) is 16.6 Å². The van der Waals surface area contributed by atoms with Crippen molar-refractivity contribution in [2.45, 2.75) is 13.0 Å². The molecular formula is C19H15N5O3S. The van der Waals surface area contributed by atoms with E-state index in [-0.39, 0.29) is 0 Å². The van der Waals surface area contributed by atoms with Crippen LogP contribution in [0, 0.1) is 0 Å². The zero-order valence-corrected chi connectivity index (χ0v) is 15.6. The van der Waals surface area contributed by atoms with E-state index in [4.69, 9.17) is 4.74 Å². The van der Waals surface area contributed by atoms with E-state index in [0.29, 0.717) is 27.6 Å². The lowest BCUT2D eigenvalue weighted by atomic mass is 10.2. The van der Waals surface area contributed by atoms with Gasteiger partial charge in [-0.3, -0.25) is 15.1 Å². The lowest BCUT2D eigenvalue weighted by molar-refractivity contribution is -0.123. The molecule has 9 heteroatoms. The number of anilines is 1. The fourth-order valence-electron chi connectivity index (χ4n) is 2.55. The standard InChI is InChI=1S/C19H15N5O3S/c1-11(17(25)24-19-21-7-8-28-19)27-18(26)12-4-5-14-15(9-12)23-16(22-14)13-3-2-6-20-10-13/h2-11H,1H3,(H,22,23)(H,21,24,25). The Kier molecular flexibility index (Phi) is 4.81. The summed E-state index contributed by atoms with van der Waals surface area (Å²) in [5.74, 6) is -0.379. The van der Waals surface area contributed by atoms with Crippen molar-refractivity contribution in [1.29, 1.82) is 0 Å². The van der Waals surface area contributed by atoms with Crippen molar-refractivity contribution in [3.8, 4) is 11.4 Å². The fourth-order valence-corrected chi connectivity index (χ4v) is 3.08. The van der Waals surface area contributed by atoms with Crippen LogP contribution < -0.4 is 5.32 Å². The molecule has 2 N–H and O–H groups in total. The smallest absolute Gasteiger partial charge is 0.338 e. The maximum absolute atomic E-state index is 12.4. The van der Waals surface area contributed by atoms with Crippen LogP contribution in [-0.2, 0) is 9.53 Å². The lowest BCUT2D eigenvalue weighted by Gasteiger charge is -2.12. The van der Waals surface area contributed by atoms with Crippen LogP contribution in [0.25, 0.3) is 22.4 Å². The summed E-state index contributed by atoms with van der Waals surface area (Å²) in [6.07, 6.45) is 4.01. The molecule has 8 nitrogen and oxygen atoms in total. The largest absolute Gasteiger partial charge is 0.449 e. The minimum Gasteiger partial charge on any atom is -0.449 e. The first-order valence-electron chi connectivity index (χ1n) is 8.41. The Morgan fingerprint density at radius 2 is 2.14 bits per heavy atom. The van der Waals surface area contributed by atoms with Gasteiger partial charge in [0.1, 0.15) is 5.82 Å². The normalized spacial score (nSPS) is 11.9. The van der Waals surface area contributed by atoms with Crippen molar-refractivity contribution < 1.29 is 14.3 Å². The van der Waals surface area contributed by atoms with Crippen molar-refractivity contribution in [2.24, 2.45) is 0 Å². The molecule has 28 heavy (non-hydrogen) atoms. The number of aromatic nitrogens is 4. The average Bonchev–Trinajstić information content (AvgIpc) is 3.37. The molecule has 0 saturated heterocycles. The monoisotopic (exact) mass is 393 g/mol. The van der Waals surface area contributed by atoms with Crippen molar-refractivity contribution in [2.75, 3.05) is 5.32 Å². The second kappa shape index (κ2) is 7.57. The number of imidazole rings is 1. The third-order valence-electron chi connectivity index (χ3n) is 3.97. The van der Waals surface area contributed by atoms with E-state index in [2.05, 4.69) is 25.3 Å². The molecule has 3 heterocycles. The van der Waals surface area contributed by atoms with E-state index in [0.717, 1.165) is 5.56 Å². The predicted molar refractivity (Wildman–Crippen MR) is 105 cm³/mol. The molecule has 4 rings (SSSR count). The molecule has 1 atom stereocenters. The first kappa shape index (κ1) is 17.8. The number of hydrogen-bond acceptors (Lipinski definition) is 7. The van der Waals surface area contributed by atoms with Crippen molar-refractivity contribution >= 4 is 39.4 Å². The van der Waals surface area contributed by atoms with Gasteiger partial charge in [-0.25, -0.2) is 14.8 Å². The number of benzene rings is 1. The van der Waals surface area contributed by atoms with Gasteiger partial charge < -0.3 is 9.72 Å². The van der Waals surface area contributed by atoms with Gasteiger partial charge in [0, 0.05) is 29.5 Å². The van der Waals surface area contributed by atoms with Crippen LogP contribution in [0.4, 0.5) is 5.13 Å². The second-order valence-electron chi connectivity index (χ2n) is 5.93. The quantitative estimate of drug-likeness (QED) is 0.504. The molecule has 0 fully saturated rings. The van der Waals surface area contributed by atoms with Gasteiger partial charge in [0.15, 0.2) is 11.2 Å². The number of esters is 1. The summed E-state index contributed by atoms with van der Waals surface area (Å²) in [5.41, 5.74) is 2.57. The number of pyridine rings is 1. The highest BCUT2D eigenvalue weighted by Gasteiger charge is 2.20. The molecule has 1 aromatic carbocycles. The van der Waals surface area contributed by atoms with Crippen LogP contribution in [-0.4, -0.2) is 37.9 Å². The Hall–Kier alpha value is -3.59. The van der Waals surface area contributed by atoms with Gasteiger partial charge in [-0.2, -0.15) is 0 Å². The molecule has 3 aromatic heterocycles. The zero-order chi connectivity index (χ0) is 19.5. The highest BCUT2D eigenvalue weighted by molar-refractivity contribution is 7.13. The summed E-state index contributed by atoms with van der Waals surface area (Å²) in [5, 5.41) is 4.79. The maximum Gasteiger partial charge on any atom is 0.338 e. The first-order chi connectivity index (χ1) is 13.6. The Balaban J connectivity index is 1.48. The summed E-state index contributed by atoms with van der Waals surface area (Å²) < 4.78 is 5.27. The van der Waals surface area contributed by atoms with Crippen LogP contribution in [0.2, 0.25) is 0 Å². The highest BCUT2D eigenvalue weighted by atomic mass is 32.1. The minimum absolute atomic E-state index is 0.322. The number of H-pyrrole nitrogens is 1. The van der Waals surface area contributed by atoms with Gasteiger partial charge in [-0.1, -0.05) is 0 Å². The molecule has 4 aromatic rings. The molecular weight excluding hydrogens is 378 g/mol. The summed E-state index contributed by atoms with van der Waals surface area (Å²) in [7, 11) is 0. The van der Waals surface area contributed by atoms with Gasteiger partial charge in [0.2, 0.25) is 0 Å². The molecule has 0 radical (unpaired) electrons. The van der Waals surface area contributed by atoms with Gasteiger partial charge >= 0.3 is 5.97 Å². The summed E-state index contributed by atoms with van der Waals surface area (Å²) in [6, 6.07) is 8.70. The molecule has 0 aliphatic carbocycles. The number of hydrogen-bond donors (Lipinski definition) is 2. The van der Waals surface area contributed by atoms with E-state index in [1.807, 2.05) is 12.1 Å². The number of nitrogens with one attached hydrogen (secondary N) is 2. The molecule has 1 amide bonds. The number of carbonyl (C=O) groups excluding carboxylic acids is 2. The number of amides is 1. The minimum atomic E-state index is -0.959. The van der Waals surface area contributed by atoms with E-state index in [1.54, 1.807) is 42.2 Å². The molecule has 0 spiro atoms. The Morgan fingerprint density at radius 3 is 2.89 bits per heavy atom. The van der Waals surface area contributed by atoms with Crippen LogP contribution >= 0.6 is 11.3 Å². The van der Waals surface area contributed by atoms with E-state index < -0.39 is 18.0 Å². The van der Waals surface area contributed by atoms with Crippen molar-refractivity contribution in [3.63, 3.8) is 0 Å². The Labute approximate surface area is 163 Å². The fraction of sp³-hybridized carbons (Fsp3) is 0.105. The third-order valence-corrected chi connectivity index (χ3v) is 4.66. The van der Waals surface area contributed by atoms with Gasteiger partial charge in [-0.05, 0) is 37.3 Å². The number of fused-ring (bicyclic) bond motifs is 1. The third kappa shape index (κ3) is 3.74. The van der Waals surface area contributed by atoms with Crippen LogP contribution in [0.5, 0.6) is 0 Å². The number of rotatable bonds is 5. The van der Waals surface area contributed by atoms with Crippen molar-refractivity contribution in [3.05, 3.63) is 59.9 Å². The van der Waals surface area contributed by atoms with Crippen LogP contribution in [0.3, 0.4) is 0 Å². The number of ether oxygens (including phenoxy) is 1. The molecule has 0 aliphatic heterocycles. The van der Waals surface area contributed by atoms with Crippen LogP contribution in [0.15, 0.2) is 54.3 Å². The summed E-state index contributed by atoms with van der Waals surface area (Å²) in [6.45, 7) is 1.51. The lowest BCUT2D eigenvalue weighted by Crippen LogP contribution is -2.29. The summed E-state index contributed by atoms with van der Waals surface area (Å²) >= 11 is 1.29. The number of carbonyl (C=O) groups is 2. The predicted octanol–water partition coefficient (Wildman–Crippen LogP) is 3.27. The molecule has 0 saturated carbocycles. The average molecular weight is 393 g/mol. The number of thiazole rings is 1. The first-order valence-corrected chi connectivity index (χ1v) is 9.29. The zero-order valence-electron chi connectivity index (χ0n) is 14.7. The molecule has 1 unspecified atom stereocenters. The SMILES string of the molecule is CC(OC(=O)c1ccc2nc(-c3cccnc3)[nH]c2c1)C(=O)Nc1nccs1. The van der Waals surface area contributed by atoms with E-state index >= 15 is 0 Å². The summed E-state index contributed by atoms with van der Waals surface area (Å²) in [4.78, 5) is 40.2. The van der Waals surface area contributed by atoms with E-state index in [9.17, 15) is 9.59 Å². The number of aromatic amines is 1. The molecule has 140 valence electrons. The Bertz CT molecular complexity index is 1130. The van der Waals surface area contributed by atoms with Gasteiger partial charge in [-0.15, -0.1) is 11.3 Å². The van der Waals surface area contributed by atoms with Crippen LogP contribution in [0.1, 0.15) is 17.3 Å². The molecule has 0 aliphatic rings. The topological polar surface area (TPSA) is 110 Å². The van der Waals surface area contributed by atoms with E-state index in [1.165, 1.54) is 18.3 Å². The van der Waals surface area contributed by atoms with Crippen molar-refractivity contribution in [1.82, 2.24) is 19.9 Å². The Morgan fingerprint density at radius 1 is 1.25 bits per heavy atom. The second-order valence-corrected chi connectivity index (χ2v) is 6.83. The van der Waals surface area contributed by atoms with Gasteiger partial charge in [0.25, 0.3) is 5.91 Å². The highest BCUT2D eigenvalue weighted by Crippen LogP contribution is 2.21.